The van der Waals surface area contributed by atoms with Crippen LogP contribution in [0.4, 0.5) is 17.5 Å². The number of nitrogens with zero attached hydrogens (tertiary/aromatic N) is 4. The molecule has 2 heterocycles. The number of rotatable bonds is 4. The Morgan fingerprint density at radius 1 is 1.58 bits per heavy atom. The van der Waals surface area contributed by atoms with Crippen LogP contribution in [0.15, 0.2) is 0 Å². The van der Waals surface area contributed by atoms with Gasteiger partial charge in [0.2, 0.25) is 11.8 Å². The predicted octanol–water partition coefficient (Wildman–Crippen LogP) is 0.484. The van der Waals surface area contributed by atoms with E-state index in [2.05, 4.69) is 9.97 Å². The van der Waals surface area contributed by atoms with Gasteiger partial charge in [-0.25, -0.2) is 4.98 Å². The first-order chi connectivity index (χ1) is 9.02. The van der Waals surface area contributed by atoms with Gasteiger partial charge < -0.3 is 15.7 Å². The maximum Gasteiger partial charge on any atom is 0.332 e. The van der Waals surface area contributed by atoms with Gasteiger partial charge in [0.1, 0.15) is 5.69 Å². The molecule has 0 bridgehead atoms. The highest BCUT2D eigenvalue weighted by atomic mass is 16.6. The monoisotopic (exact) mass is 267 g/mol. The van der Waals surface area contributed by atoms with Gasteiger partial charge in [-0.1, -0.05) is 0 Å². The number of aliphatic hydroxyl groups excluding tert-OH is 1. The van der Waals surface area contributed by atoms with Crippen molar-refractivity contribution in [3.63, 3.8) is 0 Å². The number of hydrogen-bond acceptors (Lipinski definition) is 7. The normalized spacial score (nSPS) is 18.8. The Morgan fingerprint density at radius 2 is 2.32 bits per heavy atom. The zero-order valence-electron chi connectivity index (χ0n) is 10.7. The Morgan fingerprint density at radius 3 is 2.95 bits per heavy atom. The van der Waals surface area contributed by atoms with E-state index in [4.69, 9.17) is 10.8 Å². The summed E-state index contributed by atoms with van der Waals surface area (Å²) >= 11 is 0. The van der Waals surface area contributed by atoms with E-state index in [0.717, 1.165) is 6.42 Å². The smallest absolute Gasteiger partial charge is 0.332 e. The molecule has 8 nitrogen and oxygen atoms in total. The topological polar surface area (TPSA) is 118 Å². The molecule has 1 aliphatic heterocycles. The molecule has 0 spiro atoms. The van der Waals surface area contributed by atoms with Gasteiger partial charge in [-0.05, 0) is 25.7 Å². The maximum atomic E-state index is 11.1. The van der Waals surface area contributed by atoms with E-state index in [0.29, 0.717) is 25.4 Å². The summed E-state index contributed by atoms with van der Waals surface area (Å²) in [6.07, 6.45) is 1.59. The molecule has 0 aliphatic carbocycles. The van der Waals surface area contributed by atoms with Crippen LogP contribution in [0.25, 0.3) is 0 Å². The Bertz CT molecular complexity index is 493. The van der Waals surface area contributed by atoms with Crippen LogP contribution in [0, 0.1) is 23.0 Å². The quantitative estimate of drug-likeness (QED) is 0.601. The molecule has 1 saturated heterocycles. The summed E-state index contributed by atoms with van der Waals surface area (Å²) in [7, 11) is 0. The fraction of sp³-hybridized carbons (Fsp3) is 0.636. The molecule has 1 unspecified atom stereocenters. The van der Waals surface area contributed by atoms with Crippen molar-refractivity contribution in [2.45, 2.75) is 19.8 Å². The van der Waals surface area contributed by atoms with Gasteiger partial charge in [-0.15, -0.1) is 0 Å². The van der Waals surface area contributed by atoms with Crippen LogP contribution in [0.5, 0.6) is 0 Å². The number of nitrogens with two attached hydrogens (primary N) is 1. The summed E-state index contributed by atoms with van der Waals surface area (Å²) in [6.45, 7) is 3.02. The van der Waals surface area contributed by atoms with Crippen molar-refractivity contribution in [2.24, 2.45) is 5.92 Å². The van der Waals surface area contributed by atoms with Crippen LogP contribution >= 0.6 is 0 Å². The highest BCUT2D eigenvalue weighted by Crippen LogP contribution is 2.33. The summed E-state index contributed by atoms with van der Waals surface area (Å²) in [5.74, 6) is 0.667. The number of nitro groups is 1. The van der Waals surface area contributed by atoms with Gasteiger partial charge in [-0.3, -0.25) is 10.1 Å². The average Bonchev–Trinajstić information content (AvgIpc) is 2.76. The molecule has 2 rings (SSSR count). The van der Waals surface area contributed by atoms with Crippen molar-refractivity contribution >= 4 is 17.5 Å². The number of aryl methyl sites for hydroxylation is 1. The Hall–Kier alpha value is -1.96. The van der Waals surface area contributed by atoms with Crippen LogP contribution in [0.1, 0.15) is 18.5 Å². The fourth-order valence-electron chi connectivity index (χ4n) is 2.45. The summed E-state index contributed by atoms with van der Waals surface area (Å²) < 4.78 is 0. The summed E-state index contributed by atoms with van der Waals surface area (Å²) in [5, 5.41) is 20.1. The van der Waals surface area contributed by atoms with Gasteiger partial charge in [0.15, 0.2) is 0 Å². The average molecular weight is 267 g/mol. The predicted molar refractivity (Wildman–Crippen MR) is 69.9 cm³/mol. The zero-order valence-corrected chi connectivity index (χ0v) is 10.7. The first-order valence-electron chi connectivity index (χ1n) is 6.17. The molecule has 0 amide bonds. The lowest BCUT2D eigenvalue weighted by molar-refractivity contribution is -0.385. The van der Waals surface area contributed by atoms with Crippen LogP contribution < -0.4 is 10.6 Å². The Labute approximate surface area is 110 Å². The largest absolute Gasteiger partial charge is 0.396 e. The highest BCUT2D eigenvalue weighted by Gasteiger charge is 2.31. The molecule has 104 valence electrons. The van der Waals surface area contributed by atoms with Crippen molar-refractivity contribution in [3.8, 4) is 0 Å². The molecule has 8 heteroatoms. The number of anilines is 2. The van der Waals surface area contributed by atoms with Crippen LogP contribution in [-0.4, -0.2) is 39.7 Å². The molecular formula is C11H17N5O3. The molecule has 0 aromatic carbocycles. The molecule has 0 radical (unpaired) electrons. The molecule has 1 aromatic heterocycles. The van der Waals surface area contributed by atoms with Crippen molar-refractivity contribution in [1.29, 1.82) is 0 Å². The molecule has 1 fully saturated rings. The van der Waals surface area contributed by atoms with Gasteiger partial charge >= 0.3 is 5.69 Å². The third kappa shape index (κ3) is 2.73. The van der Waals surface area contributed by atoms with Crippen LogP contribution in [0.3, 0.4) is 0 Å². The summed E-state index contributed by atoms with van der Waals surface area (Å²) in [5.41, 5.74) is 5.77. The SMILES string of the molecule is Cc1nc(N)nc(N2CCC(CCO)C2)c1[N+](=O)[O-]. The third-order valence-corrected chi connectivity index (χ3v) is 3.36. The number of nitrogen functional groups attached to an aromatic ring is 1. The van der Waals surface area contributed by atoms with Crippen LogP contribution in [-0.2, 0) is 0 Å². The second kappa shape index (κ2) is 5.35. The zero-order chi connectivity index (χ0) is 14.0. The second-order valence-electron chi connectivity index (χ2n) is 4.71. The van der Waals surface area contributed by atoms with E-state index in [9.17, 15) is 10.1 Å². The molecule has 1 aromatic rings. The first kappa shape index (κ1) is 13.5. The van der Waals surface area contributed by atoms with Gasteiger partial charge in [0.05, 0.1) is 4.92 Å². The van der Waals surface area contributed by atoms with Crippen LogP contribution in [0.2, 0.25) is 0 Å². The number of aliphatic hydroxyl groups is 1. The van der Waals surface area contributed by atoms with E-state index in [1.807, 2.05) is 4.90 Å². The first-order valence-corrected chi connectivity index (χ1v) is 6.17. The minimum absolute atomic E-state index is 0.0451. The third-order valence-electron chi connectivity index (χ3n) is 3.36. The van der Waals surface area contributed by atoms with Gasteiger partial charge in [-0.2, -0.15) is 4.98 Å². The van der Waals surface area contributed by atoms with E-state index in [1.165, 1.54) is 0 Å². The molecule has 3 N–H and O–H groups in total. The maximum absolute atomic E-state index is 11.1. The molecule has 1 atom stereocenters. The molecule has 1 aliphatic rings. The summed E-state index contributed by atoms with van der Waals surface area (Å²) in [4.78, 5) is 20.4. The van der Waals surface area contributed by atoms with Crippen molar-refractivity contribution in [2.75, 3.05) is 30.3 Å². The molecule has 19 heavy (non-hydrogen) atoms. The fourth-order valence-corrected chi connectivity index (χ4v) is 2.45. The number of aromatic nitrogens is 2. The number of hydrogen-bond donors (Lipinski definition) is 2. The minimum atomic E-state index is -0.469. The van der Waals surface area contributed by atoms with Crippen molar-refractivity contribution < 1.29 is 10.0 Å². The molecule has 0 saturated carbocycles. The Kier molecular flexibility index (Phi) is 3.79. The Balaban J connectivity index is 2.32. The lowest BCUT2D eigenvalue weighted by atomic mass is 10.1. The summed E-state index contributed by atoms with van der Waals surface area (Å²) in [6, 6.07) is 0. The lowest BCUT2D eigenvalue weighted by Gasteiger charge is -2.18. The van der Waals surface area contributed by atoms with Crippen molar-refractivity contribution in [1.82, 2.24) is 9.97 Å². The lowest BCUT2D eigenvalue weighted by Crippen LogP contribution is -2.23. The highest BCUT2D eigenvalue weighted by molar-refractivity contribution is 5.62. The molecular weight excluding hydrogens is 250 g/mol. The van der Waals surface area contributed by atoms with Gasteiger partial charge in [0.25, 0.3) is 0 Å². The van der Waals surface area contributed by atoms with E-state index < -0.39 is 4.92 Å². The minimum Gasteiger partial charge on any atom is -0.396 e. The second-order valence-corrected chi connectivity index (χ2v) is 4.71. The van der Waals surface area contributed by atoms with E-state index in [-0.39, 0.29) is 29.8 Å². The van der Waals surface area contributed by atoms with E-state index in [1.54, 1.807) is 6.92 Å². The van der Waals surface area contributed by atoms with Gasteiger partial charge in [0, 0.05) is 19.7 Å². The van der Waals surface area contributed by atoms with E-state index >= 15 is 0 Å². The van der Waals surface area contributed by atoms with Crippen molar-refractivity contribution in [3.05, 3.63) is 15.8 Å². The standard InChI is InChI=1S/C11H17N5O3/c1-7-9(16(18)19)10(14-11(12)13-7)15-4-2-8(6-15)3-5-17/h8,17H,2-6H2,1H3,(H2,12,13,14).